The summed E-state index contributed by atoms with van der Waals surface area (Å²) >= 11 is 0. The van der Waals surface area contributed by atoms with E-state index in [1.807, 2.05) is 13.0 Å². The van der Waals surface area contributed by atoms with Crippen molar-refractivity contribution in [2.45, 2.75) is 56.4 Å². The summed E-state index contributed by atoms with van der Waals surface area (Å²) < 4.78 is 27.0. The molecule has 1 heterocycles. The zero-order chi connectivity index (χ0) is 17.2. The predicted molar refractivity (Wildman–Crippen MR) is 93.1 cm³/mol. The molecule has 5 nitrogen and oxygen atoms in total. The van der Waals surface area contributed by atoms with Crippen LogP contribution in [-0.2, 0) is 14.8 Å². The number of nitrogens with one attached hydrogen (secondary N) is 1. The van der Waals surface area contributed by atoms with E-state index in [9.17, 15) is 13.2 Å². The second-order valence-corrected chi connectivity index (χ2v) is 8.92. The second-order valence-electron chi connectivity index (χ2n) is 6.98. The molecule has 2 aliphatic rings. The number of hydrogen-bond donors (Lipinski definition) is 1. The van der Waals surface area contributed by atoms with Crippen molar-refractivity contribution in [3.63, 3.8) is 0 Å². The van der Waals surface area contributed by atoms with Gasteiger partial charge < -0.3 is 5.32 Å². The number of aryl methyl sites for hydroxylation is 1. The number of carbonyl (C=O) groups is 1. The molecule has 0 spiro atoms. The first-order chi connectivity index (χ1) is 11.5. The molecule has 1 aromatic rings. The van der Waals surface area contributed by atoms with E-state index in [0.29, 0.717) is 36.9 Å². The highest BCUT2D eigenvalue weighted by atomic mass is 32.2. The molecule has 3 rings (SSSR count). The summed E-state index contributed by atoms with van der Waals surface area (Å²) in [5, 5.41) is 3.13. The lowest BCUT2D eigenvalue weighted by molar-refractivity contribution is -0.126. The average Bonchev–Trinajstić information content (AvgIpc) is 3.08. The minimum atomic E-state index is -3.45. The summed E-state index contributed by atoms with van der Waals surface area (Å²) in [6, 6.07) is 7.32. The fourth-order valence-electron chi connectivity index (χ4n) is 3.67. The first-order valence-corrected chi connectivity index (χ1v) is 10.3. The summed E-state index contributed by atoms with van der Waals surface area (Å²) in [7, 11) is -3.45. The zero-order valence-corrected chi connectivity index (χ0v) is 15.0. The summed E-state index contributed by atoms with van der Waals surface area (Å²) in [5.74, 6) is 0.0454. The van der Waals surface area contributed by atoms with Gasteiger partial charge in [0.05, 0.1) is 4.90 Å². The van der Waals surface area contributed by atoms with Gasteiger partial charge in [-0.2, -0.15) is 4.31 Å². The van der Waals surface area contributed by atoms with Gasteiger partial charge in [0.1, 0.15) is 0 Å². The van der Waals surface area contributed by atoms with Gasteiger partial charge in [-0.1, -0.05) is 25.0 Å². The van der Waals surface area contributed by atoms with Crippen molar-refractivity contribution < 1.29 is 13.2 Å². The van der Waals surface area contributed by atoms with Crippen molar-refractivity contribution >= 4 is 15.9 Å². The van der Waals surface area contributed by atoms with Crippen LogP contribution in [-0.4, -0.2) is 37.8 Å². The Kier molecular flexibility index (Phi) is 5.25. The molecule has 0 bridgehead atoms. The third kappa shape index (κ3) is 3.81. The molecular formula is C18H26N2O3S. The van der Waals surface area contributed by atoms with Crippen molar-refractivity contribution in [3.8, 4) is 0 Å². The first kappa shape index (κ1) is 17.4. The molecule has 132 valence electrons. The highest BCUT2D eigenvalue weighted by Crippen LogP contribution is 2.25. The summed E-state index contributed by atoms with van der Waals surface area (Å²) in [4.78, 5) is 12.7. The van der Waals surface area contributed by atoms with Gasteiger partial charge in [-0.25, -0.2) is 8.42 Å². The lowest BCUT2D eigenvalue weighted by Crippen LogP contribution is -2.44. The summed E-state index contributed by atoms with van der Waals surface area (Å²) in [6.45, 7) is 2.72. The molecular weight excluding hydrogens is 324 g/mol. The fourth-order valence-corrected chi connectivity index (χ4v) is 5.25. The Morgan fingerprint density at radius 3 is 2.42 bits per heavy atom. The minimum absolute atomic E-state index is 0.0606. The molecule has 0 atom stereocenters. The van der Waals surface area contributed by atoms with Crippen molar-refractivity contribution in [2.75, 3.05) is 13.1 Å². The number of benzene rings is 1. The maximum Gasteiger partial charge on any atom is 0.243 e. The Labute approximate surface area is 144 Å². The average molecular weight is 350 g/mol. The second kappa shape index (κ2) is 7.23. The standard InChI is InChI=1S/C18H26N2O3S/c1-14-5-4-8-17(13-14)24(22,23)20-11-9-15(10-12-20)18(21)19-16-6-2-3-7-16/h4-5,8,13,15-16H,2-3,6-7,9-12H2,1H3,(H,19,21). The maximum absolute atomic E-state index is 12.7. The SMILES string of the molecule is Cc1cccc(S(=O)(=O)N2CCC(C(=O)NC3CCCC3)CC2)c1. The van der Waals surface area contributed by atoms with Crippen molar-refractivity contribution in [1.29, 1.82) is 0 Å². The lowest BCUT2D eigenvalue weighted by atomic mass is 9.97. The van der Waals surface area contributed by atoms with Gasteiger partial charge in [-0.05, 0) is 50.3 Å². The van der Waals surface area contributed by atoms with E-state index < -0.39 is 10.0 Å². The van der Waals surface area contributed by atoms with Crippen LogP contribution in [0, 0.1) is 12.8 Å². The fraction of sp³-hybridized carbons (Fsp3) is 0.611. The highest BCUT2D eigenvalue weighted by Gasteiger charge is 2.32. The van der Waals surface area contributed by atoms with Crippen LogP contribution in [0.15, 0.2) is 29.2 Å². The Morgan fingerprint density at radius 2 is 1.79 bits per heavy atom. The van der Waals surface area contributed by atoms with Crippen LogP contribution in [0.3, 0.4) is 0 Å². The number of carbonyl (C=O) groups excluding carboxylic acids is 1. The minimum Gasteiger partial charge on any atom is -0.353 e. The molecule has 24 heavy (non-hydrogen) atoms. The number of amides is 1. The van der Waals surface area contributed by atoms with E-state index in [4.69, 9.17) is 0 Å². The predicted octanol–water partition coefficient (Wildman–Crippen LogP) is 2.45. The number of rotatable bonds is 4. The molecule has 1 saturated heterocycles. The monoisotopic (exact) mass is 350 g/mol. The molecule has 1 aromatic carbocycles. The van der Waals surface area contributed by atoms with Crippen LogP contribution >= 0.6 is 0 Å². The zero-order valence-electron chi connectivity index (χ0n) is 14.2. The highest BCUT2D eigenvalue weighted by molar-refractivity contribution is 7.89. The van der Waals surface area contributed by atoms with Crippen LogP contribution in [0.2, 0.25) is 0 Å². The Hall–Kier alpha value is -1.40. The van der Waals surface area contributed by atoms with Crippen molar-refractivity contribution in [1.82, 2.24) is 9.62 Å². The van der Waals surface area contributed by atoms with Gasteiger partial charge in [0.2, 0.25) is 15.9 Å². The quantitative estimate of drug-likeness (QED) is 0.907. The number of sulfonamides is 1. The molecule has 1 aliphatic carbocycles. The van der Waals surface area contributed by atoms with E-state index in [0.717, 1.165) is 18.4 Å². The van der Waals surface area contributed by atoms with E-state index in [1.165, 1.54) is 17.1 Å². The van der Waals surface area contributed by atoms with Gasteiger partial charge in [0.25, 0.3) is 0 Å². The van der Waals surface area contributed by atoms with Gasteiger partial charge in [0, 0.05) is 25.0 Å². The van der Waals surface area contributed by atoms with E-state index >= 15 is 0 Å². The van der Waals surface area contributed by atoms with Gasteiger partial charge >= 0.3 is 0 Å². The molecule has 6 heteroatoms. The van der Waals surface area contributed by atoms with Gasteiger partial charge in [-0.15, -0.1) is 0 Å². The third-order valence-electron chi connectivity index (χ3n) is 5.15. The lowest BCUT2D eigenvalue weighted by Gasteiger charge is -2.31. The molecule has 0 radical (unpaired) electrons. The van der Waals surface area contributed by atoms with Crippen LogP contribution < -0.4 is 5.32 Å². The Morgan fingerprint density at radius 1 is 1.12 bits per heavy atom. The van der Waals surface area contributed by atoms with E-state index in [2.05, 4.69) is 5.32 Å². The van der Waals surface area contributed by atoms with Gasteiger partial charge in [-0.3, -0.25) is 4.79 Å². The number of hydrogen-bond acceptors (Lipinski definition) is 3. The van der Waals surface area contributed by atoms with Crippen LogP contribution in [0.5, 0.6) is 0 Å². The Bertz CT molecular complexity index is 688. The molecule has 0 aromatic heterocycles. The molecule has 1 amide bonds. The van der Waals surface area contributed by atoms with E-state index in [1.54, 1.807) is 18.2 Å². The molecule has 0 unspecified atom stereocenters. The Balaban J connectivity index is 1.59. The number of nitrogens with zero attached hydrogens (tertiary/aromatic N) is 1. The molecule has 1 saturated carbocycles. The first-order valence-electron chi connectivity index (χ1n) is 8.84. The number of piperidine rings is 1. The third-order valence-corrected chi connectivity index (χ3v) is 7.05. The van der Waals surface area contributed by atoms with Crippen molar-refractivity contribution in [3.05, 3.63) is 29.8 Å². The largest absolute Gasteiger partial charge is 0.353 e. The summed E-state index contributed by atoms with van der Waals surface area (Å²) in [6.07, 6.45) is 5.74. The van der Waals surface area contributed by atoms with Crippen LogP contribution in [0.1, 0.15) is 44.1 Å². The van der Waals surface area contributed by atoms with Crippen LogP contribution in [0.4, 0.5) is 0 Å². The molecule has 2 fully saturated rings. The molecule has 1 N–H and O–H groups in total. The summed E-state index contributed by atoms with van der Waals surface area (Å²) in [5.41, 5.74) is 0.932. The molecule has 1 aliphatic heterocycles. The van der Waals surface area contributed by atoms with Crippen molar-refractivity contribution in [2.24, 2.45) is 5.92 Å². The normalized spacial score (nSPS) is 21.0. The van der Waals surface area contributed by atoms with Gasteiger partial charge in [0.15, 0.2) is 0 Å². The van der Waals surface area contributed by atoms with E-state index in [-0.39, 0.29) is 11.8 Å². The van der Waals surface area contributed by atoms with Crippen LogP contribution in [0.25, 0.3) is 0 Å². The topological polar surface area (TPSA) is 66.5 Å². The smallest absolute Gasteiger partial charge is 0.243 e. The maximum atomic E-state index is 12.7.